The van der Waals surface area contributed by atoms with Gasteiger partial charge in [0.05, 0.1) is 11.7 Å². The molecule has 21 heavy (non-hydrogen) atoms. The zero-order chi connectivity index (χ0) is 15.5. The summed E-state index contributed by atoms with van der Waals surface area (Å²) in [5.74, 6) is 0. The first-order valence-electron chi connectivity index (χ1n) is 8.26. The minimum absolute atomic E-state index is 0.181. The maximum atomic E-state index is 10.9. The second kappa shape index (κ2) is 6.50. The van der Waals surface area contributed by atoms with Crippen molar-refractivity contribution < 1.29 is 9.84 Å². The lowest BCUT2D eigenvalue weighted by Crippen LogP contribution is -2.42. The van der Waals surface area contributed by atoms with Gasteiger partial charge in [0.2, 0.25) is 0 Å². The van der Waals surface area contributed by atoms with Gasteiger partial charge in [-0.15, -0.1) is 0 Å². The molecule has 2 unspecified atom stereocenters. The summed E-state index contributed by atoms with van der Waals surface area (Å²) in [4.78, 5) is 0. The molecular weight excluding hydrogens is 260 g/mol. The van der Waals surface area contributed by atoms with E-state index in [-0.39, 0.29) is 11.5 Å². The van der Waals surface area contributed by atoms with Crippen LogP contribution in [0.15, 0.2) is 24.3 Å². The molecule has 0 amide bonds. The third-order valence-electron chi connectivity index (χ3n) is 4.49. The average Bonchev–Trinajstić information content (AvgIpc) is 2.38. The highest BCUT2D eigenvalue weighted by Gasteiger charge is 2.34. The molecule has 1 saturated heterocycles. The van der Waals surface area contributed by atoms with E-state index in [1.54, 1.807) is 0 Å². The second-order valence-electron chi connectivity index (χ2n) is 7.58. The Morgan fingerprint density at radius 3 is 2.48 bits per heavy atom. The molecule has 1 aliphatic rings. The summed E-state index contributed by atoms with van der Waals surface area (Å²) in [5, 5.41) is 10.9. The van der Waals surface area contributed by atoms with E-state index in [9.17, 15) is 5.11 Å². The lowest BCUT2D eigenvalue weighted by Gasteiger charge is -2.37. The summed E-state index contributed by atoms with van der Waals surface area (Å²) in [6.45, 7) is 9.53. The first kappa shape index (κ1) is 16.5. The zero-order valence-electron chi connectivity index (χ0n) is 14.0. The van der Waals surface area contributed by atoms with Gasteiger partial charge in [0.15, 0.2) is 0 Å². The van der Waals surface area contributed by atoms with Gasteiger partial charge >= 0.3 is 0 Å². The first-order valence-corrected chi connectivity index (χ1v) is 8.26. The van der Waals surface area contributed by atoms with Crippen LogP contribution in [0.4, 0.5) is 0 Å². The summed E-state index contributed by atoms with van der Waals surface area (Å²) >= 11 is 0. The summed E-state index contributed by atoms with van der Waals surface area (Å²) in [6, 6.07) is 8.73. The van der Waals surface area contributed by atoms with Crippen LogP contribution in [0.25, 0.3) is 0 Å². The smallest absolute Gasteiger partial charge is 0.0734 e. The van der Waals surface area contributed by atoms with Crippen molar-refractivity contribution in [1.82, 2.24) is 0 Å². The van der Waals surface area contributed by atoms with E-state index in [2.05, 4.69) is 52.0 Å². The normalized spacial score (nSPS) is 26.8. The predicted octanol–water partition coefficient (Wildman–Crippen LogP) is 4.24. The highest BCUT2D eigenvalue weighted by atomic mass is 16.5. The van der Waals surface area contributed by atoms with Crippen molar-refractivity contribution >= 4 is 0 Å². The molecule has 0 spiro atoms. The molecule has 0 aromatic heterocycles. The van der Waals surface area contributed by atoms with Crippen LogP contribution in [0.2, 0.25) is 0 Å². The van der Waals surface area contributed by atoms with E-state index in [4.69, 9.17) is 4.74 Å². The predicted molar refractivity (Wildman–Crippen MR) is 87.7 cm³/mol. The van der Waals surface area contributed by atoms with E-state index in [1.165, 1.54) is 11.1 Å². The third kappa shape index (κ3) is 4.55. The van der Waals surface area contributed by atoms with E-state index in [1.807, 2.05) is 0 Å². The van der Waals surface area contributed by atoms with Crippen molar-refractivity contribution in [1.29, 1.82) is 0 Å². The van der Waals surface area contributed by atoms with Gasteiger partial charge in [0, 0.05) is 19.4 Å². The SMILES string of the molecule is CCCC1CC(O)(Cc2ccc(C(C)(C)C)cc2)CCO1. The third-order valence-corrected chi connectivity index (χ3v) is 4.49. The molecule has 118 valence electrons. The zero-order valence-corrected chi connectivity index (χ0v) is 14.0. The van der Waals surface area contributed by atoms with Crippen LogP contribution in [0, 0.1) is 0 Å². The van der Waals surface area contributed by atoms with E-state index < -0.39 is 5.60 Å². The first-order chi connectivity index (χ1) is 9.82. The Hall–Kier alpha value is -0.860. The average molecular weight is 290 g/mol. The molecule has 2 heteroatoms. The van der Waals surface area contributed by atoms with Gasteiger partial charge in [-0.1, -0.05) is 58.4 Å². The lowest BCUT2D eigenvalue weighted by atomic mass is 9.82. The Bertz CT molecular complexity index is 442. The Kier molecular flexibility index (Phi) is 5.11. The van der Waals surface area contributed by atoms with Crippen LogP contribution in [0.1, 0.15) is 64.5 Å². The van der Waals surface area contributed by atoms with Gasteiger partial charge in [-0.3, -0.25) is 0 Å². The Morgan fingerprint density at radius 2 is 1.90 bits per heavy atom. The maximum absolute atomic E-state index is 10.9. The van der Waals surface area contributed by atoms with Crippen LogP contribution in [-0.2, 0) is 16.6 Å². The molecule has 2 atom stereocenters. The second-order valence-corrected chi connectivity index (χ2v) is 7.58. The molecule has 0 aliphatic carbocycles. The van der Waals surface area contributed by atoms with Crippen LogP contribution in [-0.4, -0.2) is 23.4 Å². The fourth-order valence-corrected chi connectivity index (χ4v) is 3.17. The number of ether oxygens (including phenoxy) is 1. The Balaban J connectivity index is 2.03. The maximum Gasteiger partial charge on any atom is 0.0734 e. The van der Waals surface area contributed by atoms with Crippen LogP contribution in [0.5, 0.6) is 0 Å². The van der Waals surface area contributed by atoms with Crippen molar-refractivity contribution in [2.45, 2.75) is 76.9 Å². The van der Waals surface area contributed by atoms with Crippen molar-refractivity contribution in [2.24, 2.45) is 0 Å². The van der Waals surface area contributed by atoms with Crippen molar-refractivity contribution in [3.05, 3.63) is 35.4 Å². The van der Waals surface area contributed by atoms with Gasteiger partial charge in [0.25, 0.3) is 0 Å². The van der Waals surface area contributed by atoms with Gasteiger partial charge in [-0.05, 0) is 29.4 Å². The molecule has 0 saturated carbocycles. The quantitative estimate of drug-likeness (QED) is 0.899. The molecule has 1 aromatic rings. The van der Waals surface area contributed by atoms with Crippen LogP contribution in [0.3, 0.4) is 0 Å². The van der Waals surface area contributed by atoms with Crippen molar-refractivity contribution in [3.63, 3.8) is 0 Å². The molecule has 2 rings (SSSR count). The van der Waals surface area contributed by atoms with Crippen LogP contribution >= 0.6 is 0 Å². The summed E-state index contributed by atoms with van der Waals surface area (Å²) < 4.78 is 5.76. The highest BCUT2D eigenvalue weighted by Crippen LogP contribution is 2.31. The highest BCUT2D eigenvalue weighted by molar-refractivity contribution is 5.28. The minimum atomic E-state index is -0.596. The van der Waals surface area contributed by atoms with Gasteiger partial charge in [-0.2, -0.15) is 0 Å². The number of aliphatic hydroxyl groups is 1. The molecule has 0 radical (unpaired) electrons. The molecule has 0 bridgehead atoms. The lowest BCUT2D eigenvalue weighted by molar-refractivity contribution is -0.104. The van der Waals surface area contributed by atoms with E-state index in [0.717, 1.165) is 32.1 Å². The fraction of sp³-hybridized carbons (Fsp3) is 0.684. The molecule has 1 fully saturated rings. The summed E-state index contributed by atoms with van der Waals surface area (Å²) in [7, 11) is 0. The van der Waals surface area contributed by atoms with E-state index >= 15 is 0 Å². The van der Waals surface area contributed by atoms with Crippen LogP contribution < -0.4 is 0 Å². The fourth-order valence-electron chi connectivity index (χ4n) is 3.17. The van der Waals surface area contributed by atoms with Gasteiger partial charge in [0.1, 0.15) is 0 Å². The number of hydrogen-bond acceptors (Lipinski definition) is 2. The number of hydrogen-bond donors (Lipinski definition) is 1. The molecule has 2 nitrogen and oxygen atoms in total. The van der Waals surface area contributed by atoms with Gasteiger partial charge < -0.3 is 9.84 Å². The number of benzene rings is 1. The Labute approximate surface area is 129 Å². The molecular formula is C19H30O2. The van der Waals surface area contributed by atoms with E-state index in [0.29, 0.717) is 6.61 Å². The molecule has 1 aliphatic heterocycles. The standard InChI is InChI=1S/C19H30O2/c1-5-6-17-14-19(20,11-12-21-17)13-15-7-9-16(10-8-15)18(2,3)4/h7-10,17,20H,5-6,11-14H2,1-4H3. The van der Waals surface area contributed by atoms with Gasteiger partial charge in [-0.25, -0.2) is 0 Å². The monoisotopic (exact) mass is 290 g/mol. The summed E-state index contributed by atoms with van der Waals surface area (Å²) in [6.07, 6.45) is 4.63. The molecule has 1 N–H and O–H groups in total. The van der Waals surface area contributed by atoms with Crippen molar-refractivity contribution in [3.8, 4) is 0 Å². The molecule has 1 heterocycles. The summed E-state index contributed by atoms with van der Waals surface area (Å²) in [5.41, 5.74) is 2.15. The van der Waals surface area contributed by atoms with Crippen molar-refractivity contribution in [2.75, 3.05) is 6.61 Å². The molecule has 1 aromatic carbocycles. The Morgan fingerprint density at radius 1 is 1.24 bits per heavy atom. The topological polar surface area (TPSA) is 29.5 Å². The number of rotatable bonds is 4. The minimum Gasteiger partial charge on any atom is -0.389 e. The largest absolute Gasteiger partial charge is 0.389 e.